The maximum Gasteiger partial charge on any atom is 0.417 e. The zero-order chi connectivity index (χ0) is 12.3. The van der Waals surface area contributed by atoms with Crippen molar-refractivity contribution in [2.24, 2.45) is 5.92 Å². The van der Waals surface area contributed by atoms with Gasteiger partial charge in [0.05, 0.1) is 5.56 Å². The minimum absolute atomic E-state index is 0.509. The molecule has 94 valence electrons. The van der Waals surface area contributed by atoms with Crippen LogP contribution in [0.5, 0.6) is 0 Å². The first kappa shape index (κ1) is 12.5. The summed E-state index contributed by atoms with van der Waals surface area (Å²) in [5.74, 6) is 3.40. The number of aromatic nitrogens is 1. The van der Waals surface area contributed by atoms with E-state index in [1.54, 1.807) is 0 Å². The Balaban J connectivity index is 1.89. The fourth-order valence-corrected chi connectivity index (χ4v) is 2.94. The fraction of sp³-hybridized carbons (Fsp3) is 0.545. The molecule has 0 spiro atoms. The first-order chi connectivity index (χ1) is 8.05. The molecular weight excluding hydrogens is 249 g/mol. The molecule has 2 rings (SSSR count). The number of halogens is 3. The van der Waals surface area contributed by atoms with E-state index in [2.05, 4.69) is 10.3 Å². The molecule has 6 heteroatoms. The van der Waals surface area contributed by atoms with Gasteiger partial charge in [-0.3, -0.25) is 0 Å². The lowest BCUT2D eigenvalue weighted by Crippen LogP contribution is -2.14. The minimum atomic E-state index is -4.31. The van der Waals surface area contributed by atoms with Crippen molar-refractivity contribution in [2.45, 2.75) is 12.6 Å². The van der Waals surface area contributed by atoms with Crippen LogP contribution in [0.4, 0.5) is 19.0 Å². The number of hydrogen-bond donors (Lipinski definition) is 1. The van der Waals surface area contributed by atoms with Crippen LogP contribution in [0.25, 0.3) is 0 Å². The molecule has 1 atom stereocenters. The van der Waals surface area contributed by atoms with E-state index in [1.165, 1.54) is 11.8 Å². The molecule has 1 unspecified atom stereocenters. The Hall–Kier alpha value is -0.910. The van der Waals surface area contributed by atoms with Crippen molar-refractivity contribution >= 4 is 17.6 Å². The summed E-state index contributed by atoms with van der Waals surface area (Å²) in [5, 5.41) is 3.07. The molecule has 0 aromatic carbocycles. The molecular formula is C11H13F3N2S. The quantitative estimate of drug-likeness (QED) is 0.905. The van der Waals surface area contributed by atoms with Gasteiger partial charge < -0.3 is 5.32 Å². The zero-order valence-corrected chi connectivity index (χ0v) is 9.94. The molecule has 0 saturated carbocycles. The van der Waals surface area contributed by atoms with Crippen molar-refractivity contribution in [3.63, 3.8) is 0 Å². The largest absolute Gasteiger partial charge is 0.417 e. The van der Waals surface area contributed by atoms with Gasteiger partial charge in [-0.15, -0.1) is 0 Å². The Bertz CT molecular complexity index is 358. The highest BCUT2D eigenvalue weighted by atomic mass is 32.2. The SMILES string of the molecule is FC(F)(F)c1ccc(NCC2CCSC2)nc1. The van der Waals surface area contributed by atoms with Crippen LogP contribution in [-0.4, -0.2) is 23.0 Å². The van der Waals surface area contributed by atoms with Gasteiger partial charge in [-0.25, -0.2) is 4.98 Å². The number of hydrogen-bond acceptors (Lipinski definition) is 3. The maximum atomic E-state index is 12.3. The lowest BCUT2D eigenvalue weighted by atomic mass is 10.1. The molecule has 1 aromatic rings. The number of pyridine rings is 1. The summed E-state index contributed by atoms with van der Waals surface area (Å²) in [7, 11) is 0. The second kappa shape index (κ2) is 5.16. The van der Waals surface area contributed by atoms with Gasteiger partial charge in [-0.05, 0) is 36.0 Å². The maximum absolute atomic E-state index is 12.3. The smallest absolute Gasteiger partial charge is 0.370 e. The number of alkyl halides is 3. The highest BCUT2D eigenvalue weighted by molar-refractivity contribution is 7.99. The summed E-state index contributed by atoms with van der Waals surface area (Å²) in [6.45, 7) is 0.783. The summed E-state index contributed by atoms with van der Waals surface area (Å²) in [6.07, 6.45) is -2.28. The molecule has 1 fully saturated rings. The number of anilines is 1. The molecule has 1 N–H and O–H groups in total. The molecule has 0 amide bonds. The van der Waals surface area contributed by atoms with Crippen LogP contribution in [0.1, 0.15) is 12.0 Å². The first-order valence-corrected chi connectivity index (χ1v) is 6.56. The molecule has 1 saturated heterocycles. The second-order valence-electron chi connectivity index (χ2n) is 4.04. The summed E-state index contributed by atoms with van der Waals surface area (Å²) < 4.78 is 36.9. The summed E-state index contributed by atoms with van der Waals surface area (Å²) in [6, 6.07) is 2.43. The Morgan fingerprint density at radius 2 is 2.24 bits per heavy atom. The predicted molar refractivity (Wildman–Crippen MR) is 63.2 cm³/mol. The van der Waals surface area contributed by atoms with Crippen molar-refractivity contribution < 1.29 is 13.2 Å². The Labute approximate surface area is 102 Å². The zero-order valence-electron chi connectivity index (χ0n) is 9.13. The Morgan fingerprint density at radius 1 is 1.41 bits per heavy atom. The Morgan fingerprint density at radius 3 is 2.76 bits per heavy atom. The van der Waals surface area contributed by atoms with E-state index in [-0.39, 0.29) is 0 Å². The van der Waals surface area contributed by atoms with Gasteiger partial charge in [0, 0.05) is 12.7 Å². The molecule has 0 aliphatic carbocycles. The van der Waals surface area contributed by atoms with E-state index in [0.717, 1.165) is 31.0 Å². The van der Waals surface area contributed by atoms with Crippen LogP contribution in [0.15, 0.2) is 18.3 Å². The topological polar surface area (TPSA) is 24.9 Å². The highest BCUT2D eigenvalue weighted by Crippen LogP contribution is 2.29. The monoisotopic (exact) mass is 262 g/mol. The third-order valence-corrected chi connectivity index (χ3v) is 3.92. The number of thioether (sulfide) groups is 1. The number of nitrogens with one attached hydrogen (secondary N) is 1. The average molecular weight is 262 g/mol. The third-order valence-electron chi connectivity index (χ3n) is 2.69. The molecule has 0 bridgehead atoms. The van der Waals surface area contributed by atoms with E-state index in [1.807, 2.05) is 11.8 Å². The molecule has 17 heavy (non-hydrogen) atoms. The molecule has 0 radical (unpaired) electrons. The first-order valence-electron chi connectivity index (χ1n) is 5.40. The van der Waals surface area contributed by atoms with E-state index in [4.69, 9.17) is 0 Å². The highest BCUT2D eigenvalue weighted by Gasteiger charge is 2.30. The lowest BCUT2D eigenvalue weighted by molar-refractivity contribution is -0.137. The van der Waals surface area contributed by atoms with Crippen LogP contribution in [0, 0.1) is 5.92 Å². The molecule has 2 heterocycles. The lowest BCUT2D eigenvalue weighted by Gasteiger charge is -2.11. The van der Waals surface area contributed by atoms with Gasteiger partial charge in [-0.1, -0.05) is 0 Å². The fourth-order valence-electron chi connectivity index (χ4n) is 1.66. The van der Waals surface area contributed by atoms with Crippen molar-refractivity contribution in [3.05, 3.63) is 23.9 Å². The molecule has 2 nitrogen and oxygen atoms in total. The van der Waals surface area contributed by atoms with E-state index in [0.29, 0.717) is 11.7 Å². The standard InChI is InChI=1S/C11H13F3N2S/c12-11(13,14)9-1-2-10(16-6-9)15-5-8-3-4-17-7-8/h1-2,6,8H,3-5,7H2,(H,15,16). The third kappa shape index (κ3) is 3.52. The van der Waals surface area contributed by atoms with Crippen molar-refractivity contribution in [2.75, 3.05) is 23.4 Å². The van der Waals surface area contributed by atoms with E-state index < -0.39 is 11.7 Å². The normalized spacial score (nSPS) is 20.5. The number of nitrogens with zero attached hydrogens (tertiary/aromatic N) is 1. The Kier molecular flexibility index (Phi) is 3.81. The van der Waals surface area contributed by atoms with Gasteiger partial charge in [0.15, 0.2) is 0 Å². The van der Waals surface area contributed by atoms with Crippen LogP contribution < -0.4 is 5.32 Å². The van der Waals surface area contributed by atoms with Crippen LogP contribution >= 0.6 is 11.8 Å². The average Bonchev–Trinajstić information content (AvgIpc) is 2.78. The van der Waals surface area contributed by atoms with Crippen LogP contribution in [0.2, 0.25) is 0 Å². The van der Waals surface area contributed by atoms with Gasteiger partial charge >= 0.3 is 6.18 Å². The van der Waals surface area contributed by atoms with Crippen molar-refractivity contribution in [3.8, 4) is 0 Å². The molecule has 1 aliphatic heterocycles. The summed E-state index contributed by atoms with van der Waals surface area (Å²) in [5.41, 5.74) is -0.709. The van der Waals surface area contributed by atoms with Gasteiger partial charge in [0.25, 0.3) is 0 Å². The van der Waals surface area contributed by atoms with Crippen LogP contribution in [0.3, 0.4) is 0 Å². The van der Waals surface area contributed by atoms with Crippen molar-refractivity contribution in [1.82, 2.24) is 4.98 Å². The predicted octanol–water partition coefficient (Wildman–Crippen LogP) is 3.27. The van der Waals surface area contributed by atoms with Crippen LogP contribution in [-0.2, 0) is 6.18 Å². The summed E-state index contributed by atoms with van der Waals surface area (Å²) >= 11 is 1.91. The van der Waals surface area contributed by atoms with Gasteiger partial charge in [-0.2, -0.15) is 24.9 Å². The van der Waals surface area contributed by atoms with E-state index >= 15 is 0 Å². The second-order valence-corrected chi connectivity index (χ2v) is 5.19. The minimum Gasteiger partial charge on any atom is -0.370 e. The van der Waals surface area contributed by atoms with E-state index in [9.17, 15) is 13.2 Å². The van der Waals surface area contributed by atoms with Gasteiger partial charge in [0.2, 0.25) is 0 Å². The van der Waals surface area contributed by atoms with Crippen molar-refractivity contribution in [1.29, 1.82) is 0 Å². The molecule has 1 aliphatic rings. The molecule has 1 aromatic heterocycles. The summed E-state index contributed by atoms with van der Waals surface area (Å²) in [4.78, 5) is 3.77. The van der Waals surface area contributed by atoms with Gasteiger partial charge in [0.1, 0.15) is 5.82 Å². The number of rotatable bonds is 3.